The van der Waals surface area contributed by atoms with Crippen molar-refractivity contribution in [1.82, 2.24) is 4.90 Å². The second kappa shape index (κ2) is 7.38. The maximum atomic E-state index is 13.0. The topological polar surface area (TPSA) is 20.3 Å². The highest BCUT2D eigenvalue weighted by molar-refractivity contribution is 7.98. The molecule has 0 spiro atoms. The van der Waals surface area contributed by atoms with E-state index in [1.165, 1.54) is 11.1 Å². The summed E-state index contributed by atoms with van der Waals surface area (Å²) in [5.74, 6) is 0.0612. The van der Waals surface area contributed by atoms with E-state index in [0.717, 1.165) is 0 Å². The second-order valence-electron chi connectivity index (χ2n) is 5.95. The van der Waals surface area contributed by atoms with E-state index >= 15 is 0 Å². The minimum absolute atomic E-state index is 0.0540. The zero-order valence-corrected chi connectivity index (χ0v) is 16.0. The summed E-state index contributed by atoms with van der Waals surface area (Å²) in [5.41, 5.74) is 3.26. The fourth-order valence-corrected chi connectivity index (χ4v) is 4.57. The molecule has 24 heavy (non-hydrogen) atoms. The summed E-state index contributed by atoms with van der Waals surface area (Å²) in [6.45, 7) is 2.79. The Morgan fingerprint density at radius 3 is 2.38 bits per heavy atom. The van der Waals surface area contributed by atoms with Crippen molar-refractivity contribution in [2.45, 2.75) is 24.6 Å². The van der Waals surface area contributed by atoms with Crippen molar-refractivity contribution < 1.29 is 4.79 Å². The number of nitrogens with zero attached hydrogens (tertiary/aromatic N) is 1. The molecule has 0 bridgehead atoms. The molecule has 2 aromatic carbocycles. The molecule has 0 aliphatic carbocycles. The van der Waals surface area contributed by atoms with Crippen LogP contribution in [0.3, 0.4) is 0 Å². The molecule has 2 aromatic rings. The van der Waals surface area contributed by atoms with Gasteiger partial charge in [-0.1, -0.05) is 53.5 Å². The van der Waals surface area contributed by atoms with Crippen LogP contribution in [0.25, 0.3) is 0 Å². The Morgan fingerprint density at radius 2 is 1.75 bits per heavy atom. The number of hydrogen-bond acceptors (Lipinski definition) is 2. The van der Waals surface area contributed by atoms with Crippen molar-refractivity contribution in [2.24, 2.45) is 0 Å². The van der Waals surface area contributed by atoms with E-state index in [4.69, 9.17) is 23.2 Å². The minimum atomic E-state index is 0.0540. The Morgan fingerprint density at radius 1 is 1.12 bits per heavy atom. The van der Waals surface area contributed by atoms with E-state index in [-0.39, 0.29) is 18.4 Å². The molecular weight excluding hydrogens is 361 g/mol. The number of fused-ring (bicyclic) bond motifs is 1. The van der Waals surface area contributed by atoms with Gasteiger partial charge in [0, 0.05) is 21.8 Å². The maximum absolute atomic E-state index is 13.0. The Kier molecular flexibility index (Phi) is 5.43. The number of carbonyl (C=O) groups is 1. The minimum Gasteiger partial charge on any atom is -0.334 e. The lowest BCUT2D eigenvalue weighted by atomic mass is 9.92. The molecule has 0 N–H and O–H groups in total. The molecule has 3 rings (SSSR count). The molecule has 2 nitrogen and oxygen atoms in total. The van der Waals surface area contributed by atoms with Gasteiger partial charge >= 0.3 is 0 Å². The average Bonchev–Trinajstić information content (AvgIpc) is 2.59. The highest BCUT2D eigenvalue weighted by Gasteiger charge is 2.33. The van der Waals surface area contributed by atoms with Gasteiger partial charge in [-0.3, -0.25) is 4.79 Å². The van der Waals surface area contributed by atoms with Crippen molar-refractivity contribution in [3.63, 3.8) is 0 Å². The Balaban J connectivity index is 1.88. The van der Waals surface area contributed by atoms with Gasteiger partial charge in [0.2, 0.25) is 5.91 Å². The monoisotopic (exact) mass is 379 g/mol. The van der Waals surface area contributed by atoms with E-state index in [9.17, 15) is 4.79 Å². The number of carbonyl (C=O) groups excluding carboxylic acids is 1. The van der Waals surface area contributed by atoms with Gasteiger partial charge in [0.25, 0.3) is 0 Å². The van der Waals surface area contributed by atoms with Gasteiger partial charge < -0.3 is 4.90 Å². The van der Waals surface area contributed by atoms with Crippen molar-refractivity contribution in [2.75, 3.05) is 12.8 Å². The van der Waals surface area contributed by atoms with Gasteiger partial charge in [0.15, 0.2) is 0 Å². The molecule has 0 fully saturated rings. The van der Waals surface area contributed by atoms with E-state index in [1.54, 1.807) is 30.0 Å². The van der Waals surface area contributed by atoms with Gasteiger partial charge in [0.05, 0.1) is 12.5 Å². The van der Waals surface area contributed by atoms with Gasteiger partial charge in [-0.15, -0.1) is 0 Å². The van der Waals surface area contributed by atoms with Crippen molar-refractivity contribution in [3.8, 4) is 0 Å². The van der Waals surface area contributed by atoms with Crippen LogP contribution >= 0.6 is 35.0 Å². The second-order valence-corrected chi connectivity index (χ2v) is 7.81. The molecule has 0 radical (unpaired) electrons. The lowest BCUT2D eigenvalue weighted by Gasteiger charge is -2.39. The number of hydrogen-bond donors (Lipinski definition) is 0. The lowest BCUT2D eigenvalue weighted by Crippen LogP contribution is -2.41. The van der Waals surface area contributed by atoms with Crippen LogP contribution in [0.1, 0.15) is 34.9 Å². The first-order valence-electron chi connectivity index (χ1n) is 7.87. The number of thioether (sulfide) groups is 1. The number of rotatable bonds is 3. The third-order valence-corrected chi connectivity index (χ3v) is 6.30. The van der Waals surface area contributed by atoms with Crippen LogP contribution in [0.4, 0.5) is 0 Å². The van der Waals surface area contributed by atoms with E-state index < -0.39 is 0 Å². The molecule has 126 valence electrons. The summed E-state index contributed by atoms with van der Waals surface area (Å²) in [6.07, 6.45) is 2.32. The SMILES string of the molecule is CS[C@@H]1CN(C(=O)Cc2c(Cl)cccc2Cl)[C@@H](C)c2ccccc21. The lowest BCUT2D eigenvalue weighted by molar-refractivity contribution is -0.133. The highest BCUT2D eigenvalue weighted by atomic mass is 35.5. The third-order valence-electron chi connectivity index (χ3n) is 4.62. The molecular formula is C19H19Cl2NOS. The van der Waals surface area contributed by atoms with Crippen LogP contribution in [-0.2, 0) is 11.2 Å². The number of halogens is 2. The molecule has 1 aliphatic rings. The standard InChI is InChI=1S/C19H19Cl2NOS/c1-12-13-6-3-4-7-14(13)18(24-2)11-22(12)19(23)10-15-16(20)8-5-9-17(15)21/h3-9,12,18H,10-11H2,1-2H3/t12-,18+/m0/s1. The molecule has 0 saturated heterocycles. The zero-order valence-electron chi connectivity index (χ0n) is 13.6. The Bertz CT molecular complexity index is 745. The first kappa shape index (κ1) is 17.7. The first-order chi connectivity index (χ1) is 11.5. The van der Waals surface area contributed by atoms with Crippen LogP contribution in [0, 0.1) is 0 Å². The average molecular weight is 380 g/mol. The highest BCUT2D eigenvalue weighted by Crippen LogP contribution is 2.40. The van der Waals surface area contributed by atoms with E-state index in [2.05, 4.69) is 31.4 Å². The first-order valence-corrected chi connectivity index (χ1v) is 9.91. The van der Waals surface area contributed by atoms with Crippen LogP contribution in [0.15, 0.2) is 42.5 Å². The van der Waals surface area contributed by atoms with Gasteiger partial charge in [-0.25, -0.2) is 0 Å². The quantitative estimate of drug-likeness (QED) is 0.697. The summed E-state index contributed by atoms with van der Waals surface area (Å²) >= 11 is 14.2. The third kappa shape index (κ3) is 3.30. The molecule has 0 saturated carbocycles. The zero-order chi connectivity index (χ0) is 17.3. The van der Waals surface area contributed by atoms with E-state index in [0.29, 0.717) is 27.4 Å². The number of benzene rings is 2. The molecule has 0 aromatic heterocycles. The summed E-state index contributed by atoms with van der Waals surface area (Å²) in [5, 5.41) is 1.38. The molecule has 2 atom stereocenters. The van der Waals surface area contributed by atoms with Crippen molar-refractivity contribution in [1.29, 1.82) is 0 Å². The largest absolute Gasteiger partial charge is 0.334 e. The summed E-state index contributed by atoms with van der Waals surface area (Å²) < 4.78 is 0. The van der Waals surface area contributed by atoms with Crippen molar-refractivity contribution >= 4 is 40.9 Å². The molecule has 1 amide bonds. The van der Waals surface area contributed by atoms with Crippen LogP contribution in [-0.4, -0.2) is 23.6 Å². The Labute approximate surface area is 157 Å². The maximum Gasteiger partial charge on any atom is 0.227 e. The van der Waals surface area contributed by atoms with Crippen LogP contribution < -0.4 is 0 Å². The summed E-state index contributed by atoms with van der Waals surface area (Å²) in [4.78, 5) is 14.9. The van der Waals surface area contributed by atoms with Gasteiger partial charge in [-0.2, -0.15) is 11.8 Å². The molecule has 0 unspecified atom stereocenters. The van der Waals surface area contributed by atoms with Gasteiger partial charge in [0.1, 0.15) is 0 Å². The van der Waals surface area contributed by atoms with Gasteiger partial charge in [-0.05, 0) is 42.0 Å². The van der Waals surface area contributed by atoms with E-state index in [1.807, 2.05) is 11.0 Å². The number of amides is 1. The predicted octanol–water partition coefficient (Wildman–Crippen LogP) is 5.54. The smallest absolute Gasteiger partial charge is 0.227 e. The molecule has 5 heteroatoms. The fourth-order valence-electron chi connectivity index (χ4n) is 3.26. The molecule has 1 heterocycles. The summed E-state index contributed by atoms with van der Waals surface area (Å²) in [6, 6.07) is 13.8. The predicted molar refractivity (Wildman–Crippen MR) is 103 cm³/mol. The fraction of sp³-hybridized carbons (Fsp3) is 0.316. The molecule has 1 aliphatic heterocycles. The summed E-state index contributed by atoms with van der Waals surface area (Å²) in [7, 11) is 0. The Hall–Kier alpha value is -1.16. The van der Waals surface area contributed by atoms with Crippen LogP contribution in [0.2, 0.25) is 10.0 Å². The van der Waals surface area contributed by atoms with Crippen molar-refractivity contribution in [3.05, 3.63) is 69.2 Å². The van der Waals surface area contributed by atoms with Crippen LogP contribution in [0.5, 0.6) is 0 Å². The normalized spacial score (nSPS) is 19.9.